The first-order valence-corrected chi connectivity index (χ1v) is 4.70. The van der Waals surface area contributed by atoms with Crippen LogP contribution in [0, 0.1) is 3.57 Å². The quantitative estimate of drug-likeness (QED) is 0.715. The molecular weight excluding hydrogens is 272 g/mol. The summed E-state index contributed by atoms with van der Waals surface area (Å²) in [6.45, 7) is 0. The Balaban J connectivity index is 3.17. The lowest BCUT2D eigenvalue weighted by molar-refractivity contribution is 1.13. The van der Waals surface area contributed by atoms with Crippen molar-refractivity contribution >= 4 is 39.9 Å². The van der Waals surface area contributed by atoms with Gasteiger partial charge in [0, 0.05) is 17.7 Å². The van der Waals surface area contributed by atoms with E-state index in [0.717, 1.165) is 14.3 Å². The molecule has 0 unspecified atom stereocenters. The molecule has 0 spiro atoms. The Bertz CT molecular complexity index is 260. The third-order valence-electron chi connectivity index (χ3n) is 1.41. The van der Waals surface area contributed by atoms with E-state index >= 15 is 0 Å². The van der Waals surface area contributed by atoms with Crippen LogP contribution in [-0.2, 0) is 0 Å². The minimum atomic E-state index is 0.832. The third kappa shape index (κ3) is 1.99. The van der Waals surface area contributed by atoms with Crippen LogP contribution in [0.4, 0.5) is 5.69 Å². The number of rotatable bonds is 1. The van der Waals surface area contributed by atoms with E-state index in [9.17, 15) is 0 Å². The summed E-state index contributed by atoms with van der Waals surface area (Å²) in [6.07, 6.45) is 0. The zero-order chi connectivity index (χ0) is 8.43. The molecule has 0 radical (unpaired) electrons. The molecule has 0 amide bonds. The van der Waals surface area contributed by atoms with Crippen molar-refractivity contribution in [3.63, 3.8) is 0 Å². The van der Waals surface area contributed by atoms with Gasteiger partial charge in [-0.3, -0.25) is 0 Å². The van der Waals surface area contributed by atoms with Crippen molar-refractivity contribution in [2.75, 3.05) is 19.0 Å². The molecule has 3 heteroatoms. The second kappa shape index (κ2) is 3.63. The van der Waals surface area contributed by atoms with Crippen LogP contribution in [0.15, 0.2) is 18.2 Å². The molecule has 0 saturated carbocycles. The normalized spacial score (nSPS) is 9.82. The van der Waals surface area contributed by atoms with Crippen molar-refractivity contribution in [1.29, 1.82) is 0 Å². The van der Waals surface area contributed by atoms with Crippen LogP contribution in [-0.4, -0.2) is 14.1 Å². The highest BCUT2D eigenvalue weighted by Gasteiger charge is 2.03. The van der Waals surface area contributed by atoms with E-state index in [0.29, 0.717) is 0 Å². The first-order chi connectivity index (χ1) is 5.13. The molecule has 0 heterocycles. The maximum atomic E-state index is 6.04. The highest BCUT2D eigenvalue weighted by molar-refractivity contribution is 14.1. The molecule has 0 saturated heterocycles. The first kappa shape index (κ1) is 9.13. The fourth-order valence-corrected chi connectivity index (χ4v) is 1.62. The Morgan fingerprint density at radius 1 is 1.36 bits per heavy atom. The topological polar surface area (TPSA) is 3.24 Å². The molecule has 0 N–H and O–H groups in total. The Labute approximate surface area is 85.5 Å². The fraction of sp³-hybridized carbons (Fsp3) is 0.250. The van der Waals surface area contributed by atoms with Crippen LogP contribution in [0.2, 0.25) is 5.02 Å². The summed E-state index contributed by atoms with van der Waals surface area (Å²) >= 11 is 8.26. The number of anilines is 1. The highest BCUT2D eigenvalue weighted by Crippen LogP contribution is 2.28. The van der Waals surface area contributed by atoms with Crippen LogP contribution in [0.3, 0.4) is 0 Å². The van der Waals surface area contributed by atoms with E-state index in [2.05, 4.69) is 22.6 Å². The van der Waals surface area contributed by atoms with Crippen molar-refractivity contribution in [1.82, 2.24) is 0 Å². The maximum absolute atomic E-state index is 6.04. The van der Waals surface area contributed by atoms with Crippen LogP contribution >= 0.6 is 34.2 Å². The van der Waals surface area contributed by atoms with Crippen molar-refractivity contribution in [2.45, 2.75) is 0 Å². The third-order valence-corrected chi connectivity index (χ3v) is 3.03. The Kier molecular flexibility index (Phi) is 3.01. The van der Waals surface area contributed by atoms with Gasteiger partial charge in [0.15, 0.2) is 0 Å². The van der Waals surface area contributed by atoms with E-state index in [1.807, 2.05) is 37.2 Å². The molecule has 1 aromatic carbocycles. The molecule has 60 valence electrons. The van der Waals surface area contributed by atoms with Crippen LogP contribution in [0.1, 0.15) is 0 Å². The van der Waals surface area contributed by atoms with Gasteiger partial charge < -0.3 is 4.90 Å². The lowest BCUT2D eigenvalue weighted by Gasteiger charge is -2.14. The summed E-state index contributed by atoms with van der Waals surface area (Å²) in [7, 11) is 3.97. The zero-order valence-electron chi connectivity index (χ0n) is 6.44. The molecule has 0 atom stereocenters. The molecule has 1 rings (SSSR count). The van der Waals surface area contributed by atoms with Gasteiger partial charge in [0.05, 0.1) is 10.7 Å². The molecular formula is C8H9ClIN. The number of nitrogens with zero attached hydrogens (tertiary/aromatic N) is 1. The van der Waals surface area contributed by atoms with Gasteiger partial charge in [-0.2, -0.15) is 0 Å². The van der Waals surface area contributed by atoms with Crippen molar-refractivity contribution < 1.29 is 0 Å². The summed E-state index contributed by atoms with van der Waals surface area (Å²) in [6, 6.07) is 6.00. The van der Waals surface area contributed by atoms with Gasteiger partial charge in [-0.05, 0) is 34.7 Å². The van der Waals surface area contributed by atoms with Crippen molar-refractivity contribution in [3.8, 4) is 0 Å². The first-order valence-electron chi connectivity index (χ1n) is 3.24. The van der Waals surface area contributed by atoms with Gasteiger partial charge in [-0.1, -0.05) is 17.7 Å². The maximum Gasteiger partial charge on any atom is 0.0772 e. The number of benzene rings is 1. The van der Waals surface area contributed by atoms with E-state index in [4.69, 9.17) is 11.6 Å². The van der Waals surface area contributed by atoms with Gasteiger partial charge in [0.25, 0.3) is 0 Å². The SMILES string of the molecule is CN(C)c1cccc(I)c1Cl. The predicted octanol–water partition coefficient (Wildman–Crippen LogP) is 3.01. The van der Waals surface area contributed by atoms with E-state index in [-0.39, 0.29) is 0 Å². The smallest absolute Gasteiger partial charge is 0.0772 e. The lowest BCUT2D eigenvalue weighted by atomic mass is 10.3. The second-order valence-electron chi connectivity index (χ2n) is 2.47. The molecule has 0 aliphatic heterocycles. The predicted molar refractivity (Wildman–Crippen MR) is 58.5 cm³/mol. The summed E-state index contributed by atoms with van der Waals surface area (Å²) < 4.78 is 1.09. The largest absolute Gasteiger partial charge is 0.376 e. The summed E-state index contributed by atoms with van der Waals surface area (Å²) in [5, 5.41) is 0.832. The molecule has 1 nitrogen and oxygen atoms in total. The van der Waals surface area contributed by atoms with Gasteiger partial charge in [0.1, 0.15) is 0 Å². The standard InChI is InChI=1S/C8H9ClIN/c1-11(2)7-5-3-4-6(10)8(7)9/h3-5H,1-2H3. The average molecular weight is 282 g/mol. The van der Waals surface area contributed by atoms with Crippen molar-refractivity contribution in [3.05, 3.63) is 26.8 Å². The van der Waals surface area contributed by atoms with Crippen LogP contribution in [0.5, 0.6) is 0 Å². The lowest BCUT2D eigenvalue weighted by Crippen LogP contribution is -2.09. The Hall–Kier alpha value is 0.0400. The zero-order valence-corrected chi connectivity index (χ0v) is 9.35. The van der Waals surface area contributed by atoms with E-state index < -0.39 is 0 Å². The van der Waals surface area contributed by atoms with Crippen LogP contribution in [0.25, 0.3) is 0 Å². The van der Waals surface area contributed by atoms with Crippen molar-refractivity contribution in [2.24, 2.45) is 0 Å². The van der Waals surface area contributed by atoms with E-state index in [1.165, 1.54) is 0 Å². The summed E-state index contributed by atoms with van der Waals surface area (Å²) in [4.78, 5) is 2.00. The Morgan fingerprint density at radius 2 is 2.00 bits per heavy atom. The summed E-state index contributed by atoms with van der Waals surface area (Å²) in [5.41, 5.74) is 1.07. The molecule has 0 aliphatic carbocycles. The fourth-order valence-electron chi connectivity index (χ4n) is 0.838. The molecule has 0 aliphatic rings. The Morgan fingerprint density at radius 3 is 2.45 bits per heavy atom. The minimum absolute atomic E-state index is 0.832. The van der Waals surface area contributed by atoms with Gasteiger partial charge in [0.2, 0.25) is 0 Å². The molecule has 0 bridgehead atoms. The molecule has 11 heavy (non-hydrogen) atoms. The number of hydrogen-bond donors (Lipinski definition) is 0. The monoisotopic (exact) mass is 281 g/mol. The van der Waals surface area contributed by atoms with Gasteiger partial charge in [-0.25, -0.2) is 0 Å². The van der Waals surface area contributed by atoms with Gasteiger partial charge in [-0.15, -0.1) is 0 Å². The summed E-state index contributed by atoms with van der Waals surface area (Å²) in [5.74, 6) is 0. The van der Waals surface area contributed by atoms with Gasteiger partial charge >= 0.3 is 0 Å². The molecule has 1 aromatic rings. The highest BCUT2D eigenvalue weighted by atomic mass is 127. The van der Waals surface area contributed by atoms with Crippen LogP contribution < -0.4 is 4.90 Å². The molecule has 0 aromatic heterocycles. The number of hydrogen-bond acceptors (Lipinski definition) is 1. The minimum Gasteiger partial charge on any atom is -0.376 e. The number of halogens is 2. The molecule has 0 fully saturated rings. The second-order valence-corrected chi connectivity index (χ2v) is 4.01. The van der Waals surface area contributed by atoms with E-state index in [1.54, 1.807) is 0 Å². The average Bonchev–Trinajstić information content (AvgIpc) is 1.94.